The second-order valence-electron chi connectivity index (χ2n) is 6.38. The first-order valence-corrected chi connectivity index (χ1v) is 9.14. The lowest BCUT2D eigenvalue weighted by atomic mass is 10.1. The van der Waals surface area contributed by atoms with Crippen LogP contribution in [0.5, 0.6) is 0 Å². The predicted octanol–water partition coefficient (Wildman–Crippen LogP) is 4.45. The minimum absolute atomic E-state index is 0.154. The number of nitrogens with one attached hydrogen (secondary N) is 3. The van der Waals surface area contributed by atoms with E-state index in [0.717, 1.165) is 17.7 Å². The van der Waals surface area contributed by atoms with Crippen molar-refractivity contribution in [1.29, 1.82) is 0 Å². The van der Waals surface area contributed by atoms with Crippen LogP contribution < -0.4 is 16.0 Å². The summed E-state index contributed by atoms with van der Waals surface area (Å²) in [6.07, 6.45) is 2.33. The molecule has 1 heterocycles. The van der Waals surface area contributed by atoms with Crippen LogP contribution in [0.15, 0.2) is 65.3 Å². The fourth-order valence-corrected chi connectivity index (χ4v) is 2.93. The maximum absolute atomic E-state index is 12.3. The molecule has 0 unspecified atom stereocenters. The molecule has 2 amide bonds. The summed E-state index contributed by atoms with van der Waals surface area (Å²) in [5, 5.41) is 8.80. The third-order valence-corrected chi connectivity index (χ3v) is 4.31. The van der Waals surface area contributed by atoms with Gasteiger partial charge in [-0.15, -0.1) is 0 Å². The Morgan fingerprint density at radius 3 is 2.43 bits per heavy atom. The Morgan fingerprint density at radius 1 is 0.964 bits per heavy atom. The highest BCUT2D eigenvalue weighted by molar-refractivity contribution is 6.02. The van der Waals surface area contributed by atoms with E-state index in [2.05, 4.69) is 28.9 Å². The third kappa shape index (κ3) is 4.79. The maximum Gasteiger partial charge on any atom is 0.291 e. The fraction of sp³-hybridized carbons (Fsp3) is 0.182. The molecule has 1 aromatic heterocycles. The lowest BCUT2D eigenvalue weighted by Gasteiger charge is -2.14. The summed E-state index contributed by atoms with van der Waals surface area (Å²) in [6, 6.07) is 16.3. The van der Waals surface area contributed by atoms with E-state index in [9.17, 15) is 9.59 Å². The number of para-hydroxylation sites is 1. The van der Waals surface area contributed by atoms with Crippen LogP contribution in [-0.2, 0) is 11.2 Å². The number of hydrogen-bond donors (Lipinski definition) is 3. The zero-order valence-corrected chi connectivity index (χ0v) is 15.9. The first-order chi connectivity index (χ1) is 13.6. The number of hydrogen-bond acceptors (Lipinski definition) is 4. The Balaban J connectivity index is 1.59. The van der Waals surface area contributed by atoms with E-state index in [4.69, 9.17) is 4.42 Å². The summed E-state index contributed by atoms with van der Waals surface area (Å²) in [5.74, 6) is -0.287. The number of amides is 2. The number of rotatable bonds is 7. The van der Waals surface area contributed by atoms with E-state index < -0.39 is 0 Å². The summed E-state index contributed by atoms with van der Waals surface area (Å²) in [4.78, 5) is 24.4. The average Bonchev–Trinajstić information content (AvgIpc) is 3.22. The van der Waals surface area contributed by atoms with Gasteiger partial charge in [0.25, 0.3) is 5.91 Å². The molecule has 0 spiro atoms. The van der Waals surface area contributed by atoms with Crippen LogP contribution in [0, 0.1) is 6.92 Å². The van der Waals surface area contributed by atoms with Gasteiger partial charge in [-0.05, 0) is 54.8 Å². The molecule has 0 atom stereocenters. The Morgan fingerprint density at radius 2 is 1.71 bits per heavy atom. The van der Waals surface area contributed by atoms with Gasteiger partial charge in [0.1, 0.15) is 0 Å². The molecule has 28 heavy (non-hydrogen) atoms. The van der Waals surface area contributed by atoms with Gasteiger partial charge in [-0.25, -0.2) is 0 Å². The van der Waals surface area contributed by atoms with Gasteiger partial charge in [-0.3, -0.25) is 9.59 Å². The van der Waals surface area contributed by atoms with Crippen molar-refractivity contribution >= 4 is 28.9 Å². The van der Waals surface area contributed by atoms with Crippen LogP contribution in [0.25, 0.3) is 0 Å². The molecule has 0 aliphatic heterocycles. The fourth-order valence-electron chi connectivity index (χ4n) is 2.93. The quantitative estimate of drug-likeness (QED) is 0.568. The lowest BCUT2D eigenvalue weighted by molar-refractivity contribution is -0.114. The van der Waals surface area contributed by atoms with Crippen molar-refractivity contribution in [3.8, 4) is 0 Å². The van der Waals surface area contributed by atoms with Crippen LogP contribution in [0.1, 0.15) is 28.6 Å². The number of furan rings is 1. The van der Waals surface area contributed by atoms with Crippen LogP contribution in [-0.4, -0.2) is 18.4 Å². The summed E-state index contributed by atoms with van der Waals surface area (Å²) < 4.78 is 5.07. The van der Waals surface area contributed by atoms with E-state index in [0.29, 0.717) is 11.4 Å². The molecule has 0 fully saturated rings. The van der Waals surface area contributed by atoms with Crippen molar-refractivity contribution in [3.05, 3.63) is 77.7 Å². The molecule has 0 aliphatic carbocycles. The van der Waals surface area contributed by atoms with Gasteiger partial charge < -0.3 is 20.4 Å². The van der Waals surface area contributed by atoms with Crippen LogP contribution in [0.3, 0.4) is 0 Å². The SMILES string of the molecule is CCc1cccc(C)c1NCC(=O)Nc1cccc(NC(=O)c2ccco2)c1. The van der Waals surface area contributed by atoms with Gasteiger partial charge in [-0.1, -0.05) is 31.2 Å². The first kappa shape index (κ1) is 19.2. The van der Waals surface area contributed by atoms with Crippen molar-refractivity contribution in [2.24, 2.45) is 0 Å². The number of anilines is 3. The van der Waals surface area contributed by atoms with Gasteiger partial charge >= 0.3 is 0 Å². The molecule has 144 valence electrons. The van der Waals surface area contributed by atoms with E-state index in [1.165, 1.54) is 11.8 Å². The van der Waals surface area contributed by atoms with Crippen LogP contribution in [0.2, 0.25) is 0 Å². The maximum atomic E-state index is 12.3. The second kappa shape index (κ2) is 8.90. The van der Waals surface area contributed by atoms with Gasteiger partial charge in [0.05, 0.1) is 12.8 Å². The molecule has 3 N–H and O–H groups in total. The molecule has 3 rings (SSSR count). The largest absolute Gasteiger partial charge is 0.459 e. The van der Waals surface area contributed by atoms with Gasteiger partial charge in [0.2, 0.25) is 5.91 Å². The van der Waals surface area contributed by atoms with Gasteiger partial charge in [0.15, 0.2) is 5.76 Å². The molecule has 2 aromatic carbocycles. The van der Waals surface area contributed by atoms with Crippen LogP contribution in [0.4, 0.5) is 17.1 Å². The number of aryl methyl sites for hydroxylation is 2. The Labute approximate surface area is 164 Å². The average molecular weight is 377 g/mol. The van der Waals surface area contributed by atoms with Crippen molar-refractivity contribution in [2.45, 2.75) is 20.3 Å². The predicted molar refractivity (Wildman–Crippen MR) is 111 cm³/mol. The van der Waals surface area contributed by atoms with Gasteiger partial charge in [0, 0.05) is 17.1 Å². The minimum atomic E-state index is -0.346. The zero-order valence-electron chi connectivity index (χ0n) is 15.9. The normalized spacial score (nSPS) is 10.4. The molecule has 3 aromatic rings. The standard InChI is InChI=1S/C22H23N3O3/c1-3-16-8-4-7-15(2)21(16)23-14-20(26)24-17-9-5-10-18(13-17)25-22(27)19-11-6-12-28-19/h4-13,23H,3,14H2,1-2H3,(H,24,26)(H,25,27). The zero-order chi connectivity index (χ0) is 19.9. The van der Waals surface area contributed by atoms with Crippen molar-refractivity contribution < 1.29 is 14.0 Å². The molecule has 0 saturated heterocycles. The summed E-state index contributed by atoms with van der Waals surface area (Å²) >= 11 is 0. The van der Waals surface area contributed by atoms with Crippen LogP contribution >= 0.6 is 0 Å². The Hall–Kier alpha value is -3.54. The van der Waals surface area contributed by atoms with Crippen molar-refractivity contribution in [3.63, 3.8) is 0 Å². The molecule has 0 radical (unpaired) electrons. The molecule has 6 nitrogen and oxygen atoms in total. The lowest BCUT2D eigenvalue weighted by Crippen LogP contribution is -2.22. The Kier molecular flexibility index (Phi) is 6.11. The first-order valence-electron chi connectivity index (χ1n) is 9.14. The Bertz CT molecular complexity index is 965. The summed E-state index contributed by atoms with van der Waals surface area (Å²) in [5.41, 5.74) is 4.45. The second-order valence-corrected chi connectivity index (χ2v) is 6.38. The molecule has 0 saturated carbocycles. The third-order valence-electron chi connectivity index (χ3n) is 4.31. The highest BCUT2D eigenvalue weighted by atomic mass is 16.3. The number of benzene rings is 2. The highest BCUT2D eigenvalue weighted by Crippen LogP contribution is 2.21. The summed E-state index contributed by atoms with van der Waals surface area (Å²) in [7, 11) is 0. The topological polar surface area (TPSA) is 83.4 Å². The number of carbonyl (C=O) groups excluding carboxylic acids is 2. The van der Waals surface area contributed by atoms with Gasteiger partial charge in [-0.2, -0.15) is 0 Å². The molecule has 0 bridgehead atoms. The molecule has 6 heteroatoms. The molecular formula is C22H23N3O3. The highest BCUT2D eigenvalue weighted by Gasteiger charge is 2.10. The van der Waals surface area contributed by atoms with E-state index in [-0.39, 0.29) is 24.1 Å². The number of carbonyl (C=O) groups is 2. The molecular weight excluding hydrogens is 354 g/mol. The summed E-state index contributed by atoms with van der Waals surface area (Å²) in [6.45, 7) is 4.26. The molecule has 0 aliphatic rings. The van der Waals surface area contributed by atoms with E-state index >= 15 is 0 Å². The smallest absolute Gasteiger partial charge is 0.291 e. The minimum Gasteiger partial charge on any atom is -0.459 e. The van der Waals surface area contributed by atoms with E-state index in [1.54, 1.807) is 36.4 Å². The monoisotopic (exact) mass is 377 g/mol. The van der Waals surface area contributed by atoms with Crippen molar-refractivity contribution in [2.75, 3.05) is 22.5 Å². The van der Waals surface area contributed by atoms with E-state index in [1.807, 2.05) is 19.1 Å². The van der Waals surface area contributed by atoms with Crippen molar-refractivity contribution in [1.82, 2.24) is 0 Å².